The average molecular weight is 341 g/mol. The Balaban J connectivity index is 1.84. The minimum atomic E-state index is -0.451. The second-order valence-electron chi connectivity index (χ2n) is 6.91. The molecular formula is C16H25ClN4O2. The van der Waals surface area contributed by atoms with Crippen LogP contribution in [0.5, 0.6) is 0 Å². The molecule has 1 amide bonds. The second-order valence-corrected chi connectivity index (χ2v) is 7.27. The van der Waals surface area contributed by atoms with Gasteiger partial charge in [-0.25, -0.2) is 9.78 Å². The number of likely N-dealkylation sites (tertiary alicyclic amines) is 1. The Morgan fingerprint density at radius 3 is 2.52 bits per heavy atom. The minimum Gasteiger partial charge on any atom is -0.444 e. The summed E-state index contributed by atoms with van der Waals surface area (Å²) in [7, 11) is 2.05. The number of rotatable bonds is 3. The van der Waals surface area contributed by atoms with Crippen molar-refractivity contribution in [1.82, 2.24) is 19.8 Å². The molecule has 0 atom stereocenters. The summed E-state index contributed by atoms with van der Waals surface area (Å²) in [5.74, 6) is 0. The molecule has 0 aliphatic carbocycles. The summed E-state index contributed by atoms with van der Waals surface area (Å²) < 4.78 is 5.42. The molecular weight excluding hydrogens is 316 g/mol. The van der Waals surface area contributed by atoms with E-state index in [4.69, 9.17) is 16.3 Å². The zero-order valence-electron chi connectivity index (χ0n) is 14.3. The molecule has 2 rings (SSSR count). The first kappa shape index (κ1) is 17.9. The Labute approximate surface area is 142 Å². The first-order valence-electron chi connectivity index (χ1n) is 7.90. The number of aromatic nitrogens is 2. The molecule has 6 nitrogen and oxygen atoms in total. The molecule has 128 valence electrons. The van der Waals surface area contributed by atoms with Gasteiger partial charge in [0.1, 0.15) is 5.60 Å². The number of nitrogens with zero attached hydrogens (tertiary/aromatic N) is 4. The third-order valence-electron chi connectivity index (χ3n) is 3.86. The van der Waals surface area contributed by atoms with Gasteiger partial charge in [0.15, 0.2) is 5.15 Å². The van der Waals surface area contributed by atoms with Gasteiger partial charge in [0.2, 0.25) is 0 Å². The van der Waals surface area contributed by atoms with Crippen molar-refractivity contribution in [2.75, 3.05) is 20.1 Å². The number of carbonyl (C=O) groups is 1. The maximum Gasteiger partial charge on any atom is 0.410 e. The lowest BCUT2D eigenvalue weighted by molar-refractivity contribution is 0.0152. The van der Waals surface area contributed by atoms with Gasteiger partial charge in [0.05, 0.1) is 5.69 Å². The van der Waals surface area contributed by atoms with Crippen LogP contribution in [0.15, 0.2) is 12.4 Å². The van der Waals surface area contributed by atoms with Gasteiger partial charge in [-0.2, -0.15) is 0 Å². The first-order valence-corrected chi connectivity index (χ1v) is 8.27. The summed E-state index contributed by atoms with van der Waals surface area (Å²) in [5, 5.41) is 0.450. The van der Waals surface area contributed by atoms with Crippen LogP contribution in [0, 0.1) is 0 Å². The van der Waals surface area contributed by atoms with Gasteiger partial charge in [-0.3, -0.25) is 9.88 Å². The number of piperidine rings is 1. The number of halogens is 1. The van der Waals surface area contributed by atoms with Gasteiger partial charge in [-0.15, -0.1) is 0 Å². The molecule has 0 unspecified atom stereocenters. The molecule has 1 aliphatic rings. The Kier molecular flexibility index (Phi) is 5.81. The predicted molar refractivity (Wildman–Crippen MR) is 89.3 cm³/mol. The molecule has 0 radical (unpaired) electrons. The highest BCUT2D eigenvalue weighted by Crippen LogP contribution is 2.20. The van der Waals surface area contributed by atoms with E-state index in [1.165, 1.54) is 0 Å². The fraction of sp³-hybridized carbons (Fsp3) is 0.688. The zero-order chi connectivity index (χ0) is 17.0. The molecule has 2 heterocycles. The lowest BCUT2D eigenvalue weighted by Crippen LogP contribution is -2.46. The van der Waals surface area contributed by atoms with Crippen molar-refractivity contribution in [1.29, 1.82) is 0 Å². The van der Waals surface area contributed by atoms with Crippen LogP contribution in [-0.4, -0.2) is 57.6 Å². The van der Waals surface area contributed by atoms with Gasteiger partial charge in [-0.05, 0) is 40.7 Å². The van der Waals surface area contributed by atoms with Crippen LogP contribution >= 0.6 is 11.6 Å². The summed E-state index contributed by atoms with van der Waals surface area (Å²) in [5.41, 5.74) is 0.333. The molecule has 0 saturated carbocycles. The molecule has 23 heavy (non-hydrogen) atoms. The summed E-state index contributed by atoms with van der Waals surface area (Å²) >= 11 is 6.06. The maximum atomic E-state index is 12.1. The van der Waals surface area contributed by atoms with Crippen LogP contribution in [0.1, 0.15) is 39.3 Å². The van der Waals surface area contributed by atoms with Crippen LogP contribution in [0.3, 0.4) is 0 Å². The average Bonchev–Trinajstić information content (AvgIpc) is 2.48. The van der Waals surface area contributed by atoms with Gasteiger partial charge < -0.3 is 9.64 Å². The van der Waals surface area contributed by atoms with E-state index in [0.717, 1.165) is 18.5 Å². The van der Waals surface area contributed by atoms with Crippen LogP contribution in [0.2, 0.25) is 5.15 Å². The Hall–Kier alpha value is -1.40. The van der Waals surface area contributed by atoms with Crippen molar-refractivity contribution in [3.8, 4) is 0 Å². The summed E-state index contributed by atoms with van der Waals surface area (Å²) in [4.78, 5) is 24.4. The van der Waals surface area contributed by atoms with Crippen LogP contribution in [0.4, 0.5) is 4.79 Å². The molecule has 1 saturated heterocycles. The third-order valence-corrected chi connectivity index (χ3v) is 4.18. The minimum absolute atomic E-state index is 0.226. The fourth-order valence-electron chi connectivity index (χ4n) is 2.64. The van der Waals surface area contributed by atoms with Crippen molar-refractivity contribution in [2.45, 2.75) is 51.8 Å². The Morgan fingerprint density at radius 2 is 1.96 bits per heavy atom. The lowest BCUT2D eigenvalue weighted by atomic mass is 10.0. The standard InChI is InChI=1S/C16H25ClN4O2/c1-16(2,3)23-15(22)21-9-5-12(6-10-21)20(4)11-13-14(17)19-8-7-18-13/h7-8,12H,5-6,9-11H2,1-4H3. The molecule has 0 N–H and O–H groups in total. The number of amides is 1. The van der Waals surface area contributed by atoms with Gasteiger partial charge in [0.25, 0.3) is 0 Å². The van der Waals surface area contributed by atoms with E-state index in [-0.39, 0.29) is 6.09 Å². The molecule has 1 aliphatic heterocycles. The zero-order valence-corrected chi connectivity index (χ0v) is 15.0. The normalized spacial score (nSPS) is 16.7. The van der Waals surface area contributed by atoms with Crippen LogP contribution in [0.25, 0.3) is 0 Å². The number of hydrogen-bond acceptors (Lipinski definition) is 5. The summed E-state index contributed by atoms with van der Waals surface area (Å²) in [6.07, 6.45) is 4.84. The van der Waals surface area contributed by atoms with Crippen LogP contribution < -0.4 is 0 Å². The quantitative estimate of drug-likeness (QED) is 0.846. The SMILES string of the molecule is CN(Cc1nccnc1Cl)C1CCN(C(=O)OC(C)(C)C)CC1. The highest BCUT2D eigenvalue weighted by Gasteiger charge is 2.28. The van der Waals surface area contributed by atoms with E-state index < -0.39 is 5.60 Å². The monoisotopic (exact) mass is 340 g/mol. The van der Waals surface area contributed by atoms with Crippen molar-refractivity contribution < 1.29 is 9.53 Å². The fourth-order valence-corrected chi connectivity index (χ4v) is 2.80. The maximum absolute atomic E-state index is 12.1. The van der Waals surface area contributed by atoms with E-state index >= 15 is 0 Å². The topological polar surface area (TPSA) is 58.6 Å². The highest BCUT2D eigenvalue weighted by atomic mass is 35.5. The number of ether oxygens (including phenoxy) is 1. The van der Waals surface area contributed by atoms with Gasteiger partial charge >= 0.3 is 6.09 Å². The van der Waals surface area contributed by atoms with Crippen molar-refractivity contribution >= 4 is 17.7 Å². The number of hydrogen-bond donors (Lipinski definition) is 0. The highest BCUT2D eigenvalue weighted by molar-refractivity contribution is 6.29. The molecule has 1 aromatic rings. The third kappa shape index (κ3) is 5.32. The Bertz CT molecular complexity index is 539. The van der Waals surface area contributed by atoms with E-state index in [9.17, 15) is 4.79 Å². The van der Waals surface area contributed by atoms with E-state index in [1.54, 1.807) is 17.3 Å². The Morgan fingerprint density at radius 1 is 1.35 bits per heavy atom. The van der Waals surface area contributed by atoms with E-state index in [0.29, 0.717) is 30.8 Å². The molecule has 0 aromatic carbocycles. The van der Waals surface area contributed by atoms with E-state index in [2.05, 4.69) is 21.9 Å². The molecule has 7 heteroatoms. The molecule has 0 spiro atoms. The van der Waals surface area contributed by atoms with E-state index in [1.807, 2.05) is 20.8 Å². The second kappa shape index (κ2) is 7.45. The van der Waals surface area contributed by atoms with Crippen LogP contribution in [-0.2, 0) is 11.3 Å². The van der Waals surface area contributed by atoms with Gasteiger partial charge in [-0.1, -0.05) is 11.6 Å². The lowest BCUT2D eigenvalue weighted by Gasteiger charge is -2.37. The number of carbonyl (C=O) groups excluding carboxylic acids is 1. The largest absolute Gasteiger partial charge is 0.444 e. The van der Waals surface area contributed by atoms with Crippen molar-refractivity contribution in [2.24, 2.45) is 0 Å². The predicted octanol–water partition coefficient (Wildman–Crippen LogP) is 2.96. The first-order chi connectivity index (χ1) is 10.8. The smallest absolute Gasteiger partial charge is 0.410 e. The van der Waals surface area contributed by atoms with Crippen molar-refractivity contribution in [3.05, 3.63) is 23.2 Å². The molecule has 1 fully saturated rings. The van der Waals surface area contributed by atoms with Gasteiger partial charge in [0, 0.05) is 38.1 Å². The molecule has 1 aromatic heterocycles. The van der Waals surface area contributed by atoms with Crippen molar-refractivity contribution in [3.63, 3.8) is 0 Å². The molecule has 0 bridgehead atoms. The summed E-state index contributed by atoms with van der Waals surface area (Å²) in [6.45, 7) is 7.72. The summed E-state index contributed by atoms with van der Waals surface area (Å²) in [6, 6.07) is 0.395.